The minimum Gasteiger partial charge on any atom is -0.298 e. The van der Waals surface area contributed by atoms with E-state index in [-0.39, 0.29) is 6.04 Å². The Hall–Kier alpha value is -0.370. The Bertz CT molecular complexity index is 186. The number of ketones is 1. The average Bonchev–Trinajstić information content (AvgIpc) is 2.66. The molecule has 2 rings (SSSR count). The lowest BCUT2D eigenvalue weighted by Crippen LogP contribution is -2.36. The van der Waals surface area contributed by atoms with Gasteiger partial charge >= 0.3 is 0 Å². The predicted molar refractivity (Wildman–Crippen MR) is 48.0 cm³/mol. The molecule has 2 aliphatic rings. The lowest BCUT2D eigenvalue weighted by molar-refractivity contribution is -0.121. The van der Waals surface area contributed by atoms with Crippen molar-refractivity contribution in [3.05, 3.63) is 0 Å². The van der Waals surface area contributed by atoms with Gasteiger partial charge in [0, 0.05) is 6.54 Å². The Morgan fingerprint density at radius 3 is 2.75 bits per heavy atom. The summed E-state index contributed by atoms with van der Waals surface area (Å²) in [6.07, 6.45) is 5.10. The van der Waals surface area contributed by atoms with E-state index in [1.165, 1.54) is 25.8 Å². The lowest BCUT2D eigenvalue weighted by Gasteiger charge is -2.21. The molecule has 0 aromatic heterocycles. The molecule has 2 heteroatoms. The number of rotatable bonds is 3. The summed E-state index contributed by atoms with van der Waals surface area (Å²) in [6.45, 7) is 4.07. The second kappa shape index (κ2) is 3.17. The monoisotopic (exact) mass is 167 g/mol. The lowest BCUT2D eigenvalue weighted by atomic mass is 10.1. The summed E-state index contributed by atoms with van der Waals surface area (Å²) >= 11 is 0. The Morgan fingerprint density at radius 1 is 1.42 bits per heavy atom. The van der Waals surface area contributed by atoms with Gasteiger partial charge in [-0.05, 0) is 45.1 Å². The smallest absolute Gasteiger partial charge is 0.146 e. The van der Waals surface area contributed by atoms with E-state index in [1.807, 2.05) is 0 Å². The summed E-state index contributed by atoms with van der Waals surface area (Å²) in [7, 11) is 0. The van der Waals surface area contributed by atoms with E-state index in [9.17, 15) is 4.79 Å². The van der Waals surface area contributed by atoms with Gasteiger partial charge in [-0.25, -0.2) is 0 Å². The van der Waals surface area contributed by atoms with Crippen LogP contribution in [0.5, 0.6) is 0 Å². The van der Waals surface area contributed by atoms with Gasteiger partial charge in [0.05, 0.1) is 6.04 Å². The second-order valence-corrected chi connectivity index (χ2v) is 4.21. The fraction of sp³-hybridized carbons (Fsp3) is 0.900. The molecule has 0 spiro atoms. The van der Waals surface area contributed by atoms with Gasteiger partial charge in [0.2, 0.25) is 0 Å². The average molecular weight is 167 g/mol. The molecule has 1 heterocycles. The van der Waals surface area contributed by atoms with Gasteiger partial charge in [0.15, 0.2) is 0 Å². The molecule has 2 fully saturated rings. The topological polar surface area (TPSA) is 20.3 Å². The third-order valence-corrected chi connectivity index (χ3v) is 3.02. The molecule has 0 aromatic carbocycles. The van der Waals surface area contributed by atoms with Crippen LogP contribution in [0.25, 0.3) is 0 Å². The van der Waals surface area contributed by atoms with E-state index in [0.717, 1.165) is 18.9 Å². The van der Waals surface area contributed by atoms with E-state index in [0.29, 0.717) is 5.78 Å². The zero-order chi connectivity index (χ0) is 8.55. The first kappa shape index (κ1) is 8.24. The first-order valence-corrected chi connectivity index (χ1v) is 5.02. The molecule has 0 radical (unpaired) electrons. The summed E-state index contributed by atoms with van der Waals surface area (Å²) in [5, 5.41) is 0. The zero-order valence-corrected chi connectivity index (χ0v) is 7.75. The number of carbonyl (C=O) groups excluding carboxylic acids is 1. The van der Waals surface area contributed by atoms with Crippen molar-refractivity contribution in [2.45, 2.75) is 38.6 Å². The fourth-order valence-electron chi connectivity index (χ4n) is 2.14. The first-order valence-electron chi connectivity index (χ1n) is 5.02. The maximum absolute atomic E-state index is 11.2. The number of carbonyl (C=O) groups is 1. The van der Waals surface area contributed by atoms with E-state index in [1.54, 1.807) is 6.92 Å². The van der Waals surface area contributed by atoms with Gasteiger partial charge in [-0.1, -0.05) is 0 Å². The highest BCUT2D eigenvalue weighted by molar-refractivity contribution is 5.81. The van der Waals surface area contributed by atoms with Crippen molar-refractivity contribution in [3.8, 4) is 0 Å². The maximum Gasteiger partial charge on any atom is 0.146 e. The van der Waals surface area contributed by atoms with Crippen LogP contribution in [0, 0.1) is 5.92 Å². The van der Waals surface area contributed by atoms with Crippen LogP contribution in [-0.4, -0.2) is 29.8 Å². The molecule has 0 bridgehead atoms. The molecule has 1 saturated carbocycles. The van der Waals surface area contributed by atoms with Crippen molar-refractivity contribution in [1.29, 1.82) is 0 Å². The third-order valence-electron chi connectivity index (χ3n) is 3.02. The fourth-order valence-corrected chi connectivity index (χ4v) is 2.14. The summed E-state index contributed by atoms with van der Waals surface area (Å²) < 4.78 is 0. The zero-order valence-electron chi connectivity index (χ0n) is 7.75. The molecule has 0 amide bonds. The standard InChI is InChI=1S/C10H17NO/c1-8(12)10-3-2-6-11(10)7-9-4-5-9/h9-10H,2-7H2,1H3. The summed E-state index contributed by atoms with van der Waals surface area (Å²) in [5.74, 6) is 1.29. The van der Waals surface area contributed by atoms with Crippen LogP contribution in [0.15, 0.2) is 0 Å². The van der Waals surface area contributed by atoms with Crippen LogP contribution in [0.3, 0.4) is 0 Å². The van der Waals surface area contributed by atoms with Crippen molar-refractivity contribution >= 4 is 5.78 Å². The van der Waals surface area contributed by atoms with Crippen LogP contribution in [0.1, 0.15) is 32.6 Å². The molecule has 12 heavy (non-hydrogen) atoms. The quantitative estimate of drug-likeness (QED) is 0.634. The highest BCUT2D eigenvalue weighted by Gasteiger charge is 2.32. The Balaban J connectivity index is 1.88. The number of likely N-dealkylation sites (tertiary alicyclic amines) is 1. The SMILES string of the molecule is CC(=O)C1CCCN1CC1CC1. The minimum atomic E-state index is 0.269. The van der Waals surface area contributed by atoms with Crippen molar-refractivity contribution in [3.63, 3.8) is 0 Å². The van der Waals surface area contributed by atoms with Gasteiger partial charge in [0.1, 0.15) is 5.78 Å². The van der Waals surface area contributed by atoms with Crippen LogP contribution >= 0.6 is 0 Å². The molecule has 0 N–H and O–H groups in total. The van der Waals surface area contributed by atoms with Gasteiger partial charge < -0.3 is 0 Å². The van der Waals surface area contributed by atoms with E-state index in [2.05, 4.69) is 4.90 Å². The largest absolute Gasteiger partial charge is 0.298 e. The van der Waals surface area contributed by atoms with E-state index in [4.69, 9.17) is 0 Å². The van der Waals surface area contributed by atoms with Gasteiger partial charge in [-0.2, -0.15) is 0 Å². The van der Waals surface area contributed by atoms with Crippen molar-refractivity contribution < 1.29 is 4.79 Å². The highest BCUT2D eigenvalue weighted by Crippen LogP contribution is 2.32. The van der Waals surface area contributed by atoms with Crippen LogP contribution in [-0.2, 0) is 4.79 Å². The summed E-state index contributed by atoms with van der Waals surface area (Å²) in [5.41, 5.74) is 0. The molecule has 0 aromatic rings. The number of Topliss-reactive ketones (excluding diaryl/α,β-unsaturated/α-hetero) is 1. The predicted octanol–water partition coefficient (Wildman–Crippen LogP) is 1.45. The summed E-state index contributed by atoms with van der Waals surface area (Å²) in [4.78, 5) is 13.6. The summed E-state index contributed by atoms with van der Waals surface area (Å²) in [6, 6.07) is 0.269. The number of hydrogen-bond donors (Lipinski definition) is 0. The first-order chi connectivity index (χ1) is 5.77. The minimum absolute atomic E-state index is 0.269. The molecule has 1 aliphatic heterocycles. The molecule has 1 unspecified atom stereocenters. The number of hydrogen-bond acceptors (Lipinski definition) is 2. The molecular formula is C10H17NO. The van der Waals surface area contributed by atoms with Gasteiger partial charge in [-0.3, -0.25) is 9.69 Å². The van der Waals surface area contributed by atoms with Crippen LogP contribution in [0.2, 0.25) is 0 Å². The maximum atomic E-state index is 11.2. The van der Waals surface area contributed by atoms with E-state index >= 15 is 0 Å². The van der Waals surface area contributed by atoms with Crippen molar-refractivity contribution in [1.82, 2.24) is 4.90 Å². The molecule has 1 saturated heterocycles. The molecule has 1 atom stereocenters. The Morgan fingerprint density at radius 2 is 2.17 bits per heavy atom. The van der Waals surface area contributed by atoms with Crippen molar-refractivity contribution in [2.75, 3.05) is 13.1 Å². The number of nitrogens with zero attached hydrogens (tertiary/aromatic N) is 1. The normalized spacial score (nSPS) is 30.9. The molecule has 68 valence electrons. The molecular weight excluding hydrogens is 150 g/mol. The Labute approximate surface area is 73.9 Å². The molecule has 2 nitrogen and oxygen atoms in total. The van der Waals surface area contributed by atoms with Crippen molar-refractivity contribution in [2.24, 2.45) is 5.92 Å². The third kappa shape index (κ3) is 1.69. The van der Waals surface area contributed by atoms with Gasteiger partial charge in [-0.15, -0.1) is 0 Å². The van der Waals surface area contributed by atoms with Crippen LogP contribution < -0.4 is 0 Å². The Kier molecular flexibility index (Phi) is 2.18. The molecule has 1 aliphatic carbocycles. The van der Waals surface area contributed by atoms with Gasteiger partial charge in [0.25, 0.3) is 0 Å². The second-order valence-electron chi connectivity index (χ2n) is 4.21. The van der Waals surface area contributed by atoms with E-state index < -0.39 is 0 Å². The van der Waals surface area contributed by atoms with Crippen LogP contribution in [0.4, 0.5) is 0 Å². The highest BCUT2D eigenvalue weighted by atomic mass is 16.1.